The van der Waals surface area contributed by atoms with Gasteiger partial charge in [-0.2, -0.15) is 0 Å². The van der Waals surface area contributed by atoms with Crippen LogP contribution in [0.3, 0.4) is 0 Å². The predicted molar refractivity (Wildman–Crippen MR) is 103 cm³/mol. The topological polar surface area (TPSA) is 105 Å². The molecule has 3 N–H and O–H groups in total. The van der Waals surface area contributed by atoms with Gasteiger partial charge < -0.3 is 20.5 Å². The van der Waals surface area contributed by atoms with Crippen LogP contribution in [0.5, 0.6) is 0 Å². The minimum Gasteiger partial charge on any atom is -0.481 e. The number of amides is 2. The number of nitrogens with one attached hydrogen (secondary N) is 2. The highest BCUT2D eigenvalue weighted by atomic mass is 35.5. The van der Waals surface area contributed by atoms with E-state index < -0.39 is 29.6 Å². The standard InChI is InChI=1S/C19H27ClN2O5/c1-11(2)16(21-18(26)27-12(3)4)17(25)22-19(5,10-15(23)24)13-6-8-14(20)9-7-13/h6-9,11-12,16H,10H2,1-5H3,(H,21,26)(H,22,25)(H,23,24)/t16-,19?/m0/s1. The van der Waals surface area contributed by atoms with Crippen LogP contribution in [-0.2, 0) is 19.9 Å². The minimum absolute atomic E-state index is 0.232. The van der Waals surface area contributed by atoms with E-state index in [9.17, 15) is 19.5 Å². The third-order valence-electron chi connectivity index (χ3n) is 3.95. The summed E-state index contributed by atoms with van der Waals surface area (Å²) in [7, 11) is 0. The molecule has 150 valence electrons. The Labute approximate surface area is 164 Å². The Hall–Kier alpha value is -2.28. The van der Waals surface area contributed by atoms with Gasteiger partial charge in [0.1, 0.15) is 6.04 Å². The summed E-state index contributed by atoms with van der Waals surface area (Å²) >= 11 is 5.90. The molecule has 1 rings (SSSR count). The van der Waals surface area contributed by atoms with Crippen LogP contribution in [0.1, 0.15) is 46.6 Å². The first-order valence-corrected chi connectivity index (χ1v) is 9.09. The molecule has 2 amide bonds. The van der Waals surface area contributed by atoms with Gasteiger partial charge in [0, 0.05) is 5.02 Å². The molecule has 8 heteroatoms. The zero-order valence-electron chi connectivity index (χ0n) is 16.2. The average molecular weight is 399 g/mol. The molecule has 0 radical (unpaired) electrons. The van der Waals surface area contributed by atoms with Gasteiger partial charge in [-0.15, -0.1) is 0 Å². The number of alkyl carbamates (subject to hydrolysis) is 1. The summed E-state index contributed by atoms with van der Waals surface area (Å²) in [6.45, 7) is 8.57. The predicted octanol–water partition coefficient (Wildman–Crippen LogP) is 3.31. The molecule has 0 aliphatic heterocycles. The van der Waals surface area contributed by atoms with Crippen molar-refractivity contribution >= 4 is 29.6 Å². The fourth-order valence-electron chi connectivity index (χ4n) is 2.60. The summed E-state index contributed by atoms with van der Waals surface area (Å²) in [5, 5.41) is 15.1. The molecule has 0 saturated heterocycles. The van der Waals surface area contributed by atoms with E-state index in [1.165, 1.54) is 0 Å². The number of rotatable bonds is 8. The maximum absolute atomic E-state index is 12.8. The summed E-state index contributed by atoms with van der Waals surface area (Å²) in [6.07, 6.45) is -1.36. The molecule has 0 fully saturated rings. The van der Waals surface area contributed by atoms with E-state index in [0.717, 1.165) is 0 Å². The highest BCUT2D eigenvalue weighted by Crippen LogP contribution is 2.26. The largest absolute Gasteiger partial charge is 0.481 e. The van der Waals surface area contributed by atoms with Crippen molar-refractivity contribution in [3.05, 3.63) is 34.9 Å². The first-order valence-electron chi connectivity index (χ1n) is 8.71. The zero-order chi connectivity index (χ0) is 20.8. The van der Waals surface area contributed by atoms with Crippen molar-refractivity contribution in [1.29, 1.82) is 0 Å². The number of carboxylic acid groups (broad SMARTS) is 1. The van der Waals surface area contributed by atoms with Crippen LogP contribution in [-0.4, -0.2) is 35.2 Å². The number of carbonyl (C=O) groups is 3. The number of benzene rings is 1. The number of aliphatic carboxylic acids is 1. The summed E-state index contributed by atoms with van der Waals surface area (Å²) in [5.74, 6) is -1.80. The van der Waals surface area contributed by atoms with E-state index in [1.54, 1.807) is 58.9 Å². The Morgan fingerprint density at radius 3 is 2.15 bits per heavy atom. The van der Waals surface area contributed by atoms with E-state index >= 15 is 0 Å². The highest BCUT2D eigenvalue weighted by molar-refractivity contribution is 6.30. The number of hydrogen-bond donors (Lipinski definition) is 3. The highest BCUT2D eigenvalue weighted by Gasteiger charge is 2.35. The van der Waals surface area contributed by atoms with Crippen LogP contribution >= 0.6 is 11.6 Å². The normalized spacial score (nSPS) is 14.4. The fraction of sp³-hybridized carbons (Fsp3) is 0.526. The van der Waals surface area contributed by atoms with E-state index in [4.69, 9.17) is 16.3 Å². The van der Waals surface area contributed by atoms with Gasteiger partial charge in [0.05, 0.1) is 18.1 Å². The van der Waals surface area contributed by atoms with Gasteiger partial charge in [0.2, 0.25) is 5.91 Å². The summed E-state index contributed by atoms with van der Waals surface area (Å²) < 4.78 is 5.03. The van der Waals surface area contributed by atoms with Gasteiger partial charge in [-0.25, -0.2) is 4.79 Å². The SMILES string of the molecule is CC(C)OC(=O)N[C@H](C(=O)NC(C)(CC(=O)O)c1ccc(Cl)cc1)C(C)C. The van der Waals surface area contributed by atoms with Gasteiger partial charge in [0.25, 0.3) is 0 Å². The maximum atomic E-state index is 12.8. The second-order valence-electron chi connectivity index (χ2n) is 7.22. The molecular weight excluding hydrogens is 372 g/mol. The first-order chi connectivity index (χ1) is 12.4. The van der Waals surface area contributed by atoms with Crippen molar-refractivity contribution in [1.82, 2.24) is 10.6 Å². The molecule has 1 aromatic rings. The van der Waals surface area contributed by atoms with Gasteiger partial charge >= 0.3 is 12.1 Å². The van der Waals surface area contributed by atoms with Crippen LogP contribution < -0.4 is 10.6 Å². The lowest BCUT2D eigenvalue weighted by atomic mass is 9.87. The molecule has 0 aliphatic rings. The monoisotopic (exact) mass is 398 g/mol. The molecule has 1 unspecified atom stereocenters. The Balaban J connectivity index is 3.06. The number of hydrogen-bond acceptors (Lipinski definition) is 4. The van der Waals surface area contributed by atoms with Gasteiger partial charge in [-0.1, -0.05) is 37.6 Å². The molecule has 0 spiro atoms. The van der Waals surface area contributed by atoms with E-state index in [0.29, 0.717) is 10.6 Å². The fourth-order valence-corrected chi connectivity index (χ4v) is 2.72. The third kappa shape index (κ3) is 7.09. The molecule has 0 saturated carbocycles. The van der Waals surface area contributed by atoms with E-state index in [1.807, 2.05) is 0 Å². The number of ether oxygens (including phenoxy) is 1. The molecule has 27 heavy (non-hydrogen) atoms. The molecule has 0 heterocycles. The van der Waals surface area contributed by atoms with Crippen molar-refractivity contribution in [3.8, 4) is 0 Å². The van der Waals surface area contributed by atoms with E-state index in [2.05, 4.69) is 10.6 Å². The van der Waals surface area contributed by atoms with E-state index in [-0.39, 0.29) is 18.4 Å². The Kier molecular flexibility index (Phi) is 8.09. The lowest BCUT2D eigenvalue weighted by molar-refractivity contribution is -0.139. The van der Waals surface area contributed by atoms with Crippen LogP contribution in [0.4, 0.5) is 4.79 Å². The third-order valence-corrected chi connectivity index (χ3v) is 4.20. The Morgan fingerprint density at radius 2 is 1.70 bits per heavy atom. The van der Waals surface area contributed by atoms with Crippen LogP contribution in [0, 0.1) is 5.92 Å². The lowest BCUT2D eigenvalue weighted by Gasteiger charge is -2.33. The first kappa shape index (κ1) is 22.8. The smallest absolute Gasteiger partial charge is 0.408 e. The van der Waals surface area contributed by atoms with Gasteiger partial charge in [0.15, 0.2) is 0 Å². The second-order valence-corrected chi connectivity index (χ2v) is 7.66. The van der Waals surface area contributed by atoms with Crippen LogP contribution in [0.2, 0.25) is 5.02 Å². The van der Waals surface area contributed by atoms with Gasteiger partial charge in [-0.3, -0.25) is 9.59 Å². The summed E-state index contributed by atoms with van der Waals surface area (Å²) in [4.78, 5) is 36.1. The molecule has 0 aromatic heterocycles. The van der Waals surface area contributed by atoms with Crippen molar-refractivity contribution < 1.29 is 24.2 Å². The number of halogens is 1. The van der Waals surface area contributed by atoms with Crippen molar-refractivity contribution in [2.45, 2.75) is 58.7 Å². The zero-order valence-corrected chi connectivity index (χ0v) is 17.0. The van der Waals surface area contributed by atoms with Gasteiger partial charge in [-0.05, 0) is 44.4 Å². The summed E-state index contributed by atoms with van der Waals surface area (Å²) in [5.41, 5.74) is -0.584. The summed E-state index contributed by atoms with van der Waals surface area (Å²) in [6, 6.07) is 5.70. The quantitative estimate of drug-likeness (QED) is 0.623. The minimum atomic E-state index is -1.18. The lowest BCUT2D eigenvalue weighted by Crippen LogP contribution is -2.55. The Bertz CT molecular complexity index is 675. The molecule has 2 atom stereocenters. The number of carboxylic acids is 1. The van der Waals surface area contributed by atoms with Crippen molar-refractivity contribution in [2.75, 3.05) is 0 Å². The second kappa shape index (κ2) is 9.60. The van der Waals surface area contributed by atoms with Crippen molar-refractivity contribution in [3.63, 3.8) is 0 Å². The molecule has 7 nitrogen and oxygen atoms in total. The average Bonchev–Trinajstić information content (AvgIpc) is 2.51. The molecule has 1 aromatic carbocycles. The van der Waals surface area contributed by atoms with Crippen LogP contribution in [0.25, 0.3) is 0 Å². The number of carbonyl (C=O) groups excluding carboxylic acids is 2. The maximum Gasteiger partial charge on any atom is 0.408 e. The molecule has 0 aliphatic carbocycles. The van der Waals surface area contributed by atoms with Crippen molar-refractivity contribution in [2.24, 2.45) is 5.92 Å². The molecule has 0 bridgehead atoms. The van der Waals surface area contributed by atoms with Crippen LogP contribution in [0.15, 0.2) is 24.3 Å². The molecular formula is C19H27ClN2O5. The Morgan fingerprint density at radius 1 is 1.15 bits per heavy atom.